The number of fused-ring (bicyclic) bond motifs is 1. The van der Waals surface area contributed by atoms with Crippen molar-refractivity contribution in [1.82, 2.24) is 29.1 Å². The molecule has 38 heavy (non-hydrogen) atoms. The largest absolute Gasteiger partial charge is 0.394 e. The molecular formula is C20H26N7O8PS2. The second-order valence-corrected chi connectivity index (χ2v) is 15.1. The van der Waals surface area contributed by atoms with Gasteiger partial charge < -0.3 is 34.8 Å². The number of aliphatic hydroxyl groups is 2. The molecule has 0 aromatic carbocycles. The van der Waals surface area contributed by atoms with Crippen LogP contribution in [0.4, 0.5) is 5.82 Å². The summed E-state index contributed by atoms with van der Waals surface area (Å²) in [5.74, 6) is 0.311. The zero-order chi connectivity index (χ0) is 27.2. The Bertz CT molecular complexity index is 1500. The molecule has 2 fully saturated rings. The highest BCUT2D eigenvalue weighted by molar-refractivity contribution is 8.67. The van der Waals surface area contributed by atoms with E-state index in [1.807, 2.05) is 0 Å². The number of nitrogens with zero attached hydrogens (tertiary/aromatic N) is 5. The van der Waals surface area contributed by atoms with Crippen molar-refractivity contribution in [2.45, 2.75) is 56.6 Å². The number of ether oxygens (including phenoxy) is 2. The normalized spacial score (nSPS) is 29.2. The van der Waals surface area contributed by atoms with Gasteiger partial charge in [-0.3, -0.25) is 18.9 Å². The summed E-state index contributed by atoms with van der Waals surface area (Å²) in [6.45, 7) is 1.19. The van der Waals surface area contributed by atoms with E-state index in [2.05, 4.69) is 19.9 Å². The molecule has 3 aromatic rings. The highest BCUT2D eigenvalue weighted by Gasteiger charge is 2.41. The number of anilines is 1. The second-order valence-electron chi connectivity index (χ2n) is 8.95. The molecule has 7 unspecified atom stereocenters. The van der Waals surface area contributed by atoms with E-state index < -0.39 is 53.8 Å². The first-order valence-corrected chi connectivity index (χ1v) is 15.8. The average molecular weight is 588 g/mol. The zero-order valence-corrected chi connectivity index (χ0v) is 22.5. The number of hydrogen-bond donors (Lipinski definition) is 5. The second kappa shape index (κ2) is 10.7. The van der Waals surface area contributed by atoms with E-state index in [4.69, 9.17) is 31.5 Å². The van der Waals surface area contributed by atoms with Crippen molar-refractivity contribution in [3.05, 3.63) is 45.3 Å². The van der Waals surface area contributed by atoms with Gasteiger partial charge >= 0.3 is 5.69 Å². The Morgan fingerprint density at radius 2 is 1.97 bits per heavy atom. The van der Waals surface area contributed by atoms with Crippen LogP contribution in [0, 0.1) is 6.92 Å². The van der Waals surface area contributed by atoms with E-state index >= 15 is 0 Å². The SMILES string of the molecule is Cc1cn(C2CC(O)C(CSP(O)(=S)OC3CC(n4cnc5c(N)ncnc54)OC3CO)O2)c(=O)[nH]c1=O. The van der Waals surface area contributed by atoms with Gasteiger partial charge in [0.1, 0.15) is 30.4 Å². The number of nitrogens with one attached hydrogen (secondary N) is 1. The smallest absolute Gasteiger partial charge is 0.330 e. The van der Waals surface area contributed by atoms with Crippen molar-refractivity contribution in [3.8, 4) is 0 Å². The summed E-state index contributed by atoms with van der Waals surface area (Å²) in [4.78, 5) is 49.3. The lowest BCUT2D eigenvalue weighted by molar-refractivity contribution is -0.0387. The maximum atomic E-state index is 12.2. The van der Waals surface area contributed by atoms with Crippen LogP contribution in [-0.2, 0) is 25.8 Å². The van der Waals surface area contributed by atoms with Crippen molar-refractivity contribution in [3.63, 3.8) is 0 Å². The first-order valence-electron chi connectivity index (χ1n) is 11.6. The predicted octanol–water partition coefficient (Wildman–Crippen LogP) is -0.469. The van der Waals surface area contributed by atoms with E-state index in [0.717, 1.165) is 11.4 Å². The van der Waals surface area contributed by atoms with Gasteiger partial charge in [0, 0.05) is 30.4 Å². The minimum absolute atomic E-state index is 0.0890. The van der Waals surface area contributed by atoms with Crippen LogP contribution >= 0.6 is 17.1 Å². The molecule has 15 nitrogen and oxygen atoms in total. The van der Waals surface area contributed by atoms with E-state index in [-0.39, 0.29) is 31.0 Å². The summed E-state index contributed by atoms with van der Waals surface area (Å²) in [5.41, 5.74) is 2.45. The summed E-state index contributed by atoms with van der Waals surface area (Å²) in [5, 5.41) is 20.3. The fourth-order valence-electron chi connectivity index (χ4n) is 4.43. The zero-order valence-electron chi connectivity index (χ0n) is 20.0. The Hall–Kier alpha value is -2.21. The molecule has 2 aliphatic rings. The molecule has 0 amide bonds. The number of aromatic amines is 1. The van der Waals surface area contributed by atoms with Gasteiger partial charge in [-0.15, -0.1) is 0 Å². The van der Waals surface area contributed by atoms with Gasteiger partial charge in [0.2, 0.25) is 5.69 Å². The molecule has 0 saturated carbocycles. The molecule has 5 rings (SSSR count). The van der Waals surface area contributed by atoms with E-state index in [1.165, 1.54) is 23.4 Å². The fourth-order valence-corrected chi connectivity index (χ4v) is 8.09. The topological polar surface area (TPSA) is 213 Å². The van der Waals surface area contributed by atoms with E-state index in [0.29, 0.717) is 16.7 Å². The first kappa shape index (κ1) is 27.4. The van der Waals surface area contributed by atoms with E-state index in [9.17, 15) is 24.7 Å². The molecule has 3 aromatic heterocycles. The Balaban J connectivity index is 1.22. The van der Waals surface area contributed by atoms with Crippen LogP contribution in [0.3, 0.4) is 0 Å². The maximum absolute atomic E-state index is 12.2. The van der Waals surface area contributed by atoms with Crippen LogP contribution in [0.25, 0.3) is 11.2 Å². The Labute approximate surface area is 223 Å². The summed E-state index contributed by atoms with van der Waals surface area (Å²) < 4.78 is 20.5. The summed E-state index contributed by atoms with van der Waals surface area (Å²) in [6, 6.07) is 0. The highest BCUT2D eigenvalue weighted by Crippen LogP contribution is 2.59. The number of aliphatic hydroxyl groups excluding tert-OH is 2. The minimum atomic E-state index is -3.46. The Morgan fingerprint density at radius 3 is 2.74 bits per heavy atom. The third kappa shape index (κ3) is 5.43. The Morgan fingerprint density at radius 1 is 1.24 bits per heavy atom. The molecule has 0 bridgehead atoms. The number of nitrogens with two attached hydrogens (primary N) is 1. The van der Waals surface area contributed by atoms with Gasteiger partial charge in [-0.2, -0.15) is 0 Å². The maximum Gasteiger partial charge on any atom is 0.330 e. The number of H-pyrrole nitrogens is 1. The van der Waals surface area contributed by atoms with Crippen LogP contribution in [0.2, 0.25) is 0 Å². The molecule has 0 spiro atoms. The van der Waals surface area contributed by atoms with Crippen LogP contribution in [0.15, 0.2) is 28.4 Å². The molecule has 7 atom stereocenters. The van der Waals surface area contributed by atoms with Crippen molar-refractivity contribution in [2.24, 2.45) is 0 Å². The average Bonchev–Trinajstić information content (AvgIpc) is 3.57. The van der Waals surface area contributed by atoms with Crippen molar-refractivity contribution in [1.29, 1.82) is 0 Å². The molecule has 18 heteroatoms. The van der Waals surface area contributed by atoms with Gasteiger partial charge in [0.25, 0.3) is 5.56 Å². The quantitative estimate of drug-likeness (QED) is 0.211. The predicted molar refractivity (Wildman–Crippen MR) is 140 cm³/mol. The van der Waals surface area contributed by atoms with Crippen LogP contribution in [0.5, 0.6) is 0 Å². The number of hydrogen-bond acceptors (Lipinski definition) is 13. The number of rotatable bonds is 8. The summed E-state index contributed by atoms with van der Waals surface area (Å²) in [6.07, 6.45) is -0.00384. The number of aryl methyl sites for hydroxylation is 1. The monoisotopic (exact) mass is 587 g/mol. The molecule has 2 aliphatic heterocycles. The van der Waals surface area contributed by atoms with Crippen LogP contribution < -0.4 is 17.0 Å². The van der Waals surface area contributed by atoms with Crippen molar-refractivity contribution in [2.75, 3.05) is 18.1 Å². The molecular weight excluding hydrogens is 561 g/mol. The molecule has 2 saturated heterocycles. The van der Waals surface area contributed by atoms with Crippen LogP contribution in [-0.4, -0.2) is 81.0 Å². The minimum Gasteiger partial charge on any atom is -0.394 e. The lowest BCUT2D eigenvalue weighted by Gasteiger charge is -2.24. The number of nitrogen functional groups attached to an aromatic ring is 1. The van der Waals surface area contributed by atoms with E-state index in [1.54, 1.807) is 11.5 Å². The standard InChI is InChI=1S/C20H26N7O8PS2/c1-9-4-26(20(31)25-19(9)30)14-2-10(29)13(34-14)6-38-36(32,37)35-11-3-15(33-12(11)5-28)27-8-24-16-17(21)22-7-23-18(16)27/h4,7-8,10-15,28-29H,2-3,5-6H2,1H3,(H,32,37)(H2,21,22,23)(H,25,30,31). The number of aromatic nitrogens is 6. The van der Waals surface area contributed by atoms with Crippen molar-refractivity contribution >= 4 is 45.9 Å². The van der Waals surface area contributed by atoms with Gasteiger partial charge in [0.05, 0.1) is 31.2 Å². The highest BCUT2D eigenvalue weighted by atomic mass is 32.9. The first-order chi connectivity index (χ1) is 18.1. The molecule has 0 radical (unpaired) electrons. The summed E-state index contributed by atoms with van der Waals surface area (Å²) >= 11 is 6.27. The fraction of sp³-hybridized carbons (Fsp3) is 0.550. The third-order valence-electron chi connectivity index (χ3n) is 6.39. The molecule has 6 N–H and O–H groups in total. The van der Waals surface area contributed by atoms with Crippen LogP contribution in [0.1, 0.15) is 30.9 Å². The lowest BCUT2D eigenvalue weighted by atomic mass is 10.2. The van der Waals surface area contributed by atoms with Crippen molar-refractivity contribution < 1.29 is 29.1 Å². The van der Waals surface area contributed by atoms with Gasteiger partial charge in [-0.25, -0.2) is 19.7 Å². The lowest BCUT2D eigenvalue weighted by Crippen LogP contribution is -2.33. The van der Waals surface area contributed by atoms with Gasteiger partial charge in [-0.1, -0.05) is 11.4 Å². The molecule has 206 valence electrons. The molecule has 5 heterocycles. The summed E-state index contributed by atoms with van der Waals surface area (Å²) in [7, 11) is 0. The van der Waals surface area contributed by atoms with Gasteiger partial charge in [-0.05, 0) is 18.7 Å². The number of imidazole rings is 1. The van der Waals surface area contributed by atoms with Gasteiger partial charge in [0.15, 0.2) is 11.5 Å². The third-order valence-corrected chi connectivity index (χ3v) is 10.6. The molecule has 0 aliphatic carbocycles. The Kier molecular flexibility index (Phi) is 7.74.